The van der Waals surface area contributed by atoms with E-state index in [0.29, 0.717) is 19.6 Å². The van der Waals surface area contributed by atoms with E-state index in [1.165, 1.54) is 0 Å². The molecule has 0 spiro atoms. The summed E-state index contributed by atoms with van der Waals surface area (Å²) in [5.41, 5.74) is 6.35. The van der Waals surface area contributed by atoms with Crippen LogP contribution in [0.3, 0.4) is 0 Å². The van der Waals surface area contributed by atoms with E-state index in [2.05, 4.69) is 0 Å². The van der Waals surface area contributed by atoms with E-state index in [1.807, 2.05) is 24.3 Å². The summed E-state index contributed by atoms with van der Waals surface area (Å²) in [7, 11) is 1.61. The van der Waals surface area contributed by atoms with Crippen LogP contribution in [-0.4, -0.2) is 37.7 Å². The highest BCUT2D eigenvalue weighted by molar-refractivity contribution is 5.70. The fraction of sp³-hybridized carbons (Fsp3) is 0.462. The van der Waals surface area contributed by atoms with Crippen LogP contribution in [-0.2, 0) is 4.74 Å². The van der Waals surface area contributed by atoms with Gasteiger partial charge in [-0.3, -0.25) is 0 Å². The lowest BCUT2D eigenvalue weighted by atomic mass is 10.1. The average molecular weight is 250 g/mol. The number of hydrogen-bond donors (Lipinski definition) is 1. The molecule has 1 aromatic carbocycles. The van der Waals surface area contributed by atoms with Crippen LogP contribution >= 0.6 is 0 Å². The first-order valence-electron chi connectivity index (χ1n) is 6.04. The molecule has 1 aliphatic heterocycles. The zero-order valence-corrected chi connectivity index (χ0v) is 10.5. The Morgan fingerprint density at radius 1 is 1.50 bits per heavy atom. The summed E-state index contributed by atoms with van der Waals surface area (Å²) in [4.78, 5) is 13.4. The molecule has 1 aliphatic rings. The predicted molar refractivity (Wildman–Crippen MR) is 67.5 cm³/mol. The number of para-hydroxylation sites is 1. The van der Waals surface area contributed by atoms with Crippen LogP contribution in [0, 0.1) is 0 Å². The number of nitrogens with two attached hydrogens (primary N) is 1. The Kier molecular flexibility index (Phi) is 4.04. The van der Waals surface area contributed by atoms with Gasteiger partial charge in [0.05, 0.1) is 13.7 Å². The monoisotopic (exact) mass is 250 g/mol. The Balaban J connectivity index is 2.09. The van der Waals surface area contributed by atoms with Crippen LogP contribution in [0.2, 0.25) is 0 Å². The SMILES string of the molecule is COc1ccccc1C1CN(CCCN)C(=O)O1. The van der Waals surface area contributed by atoms with Gasteiger partial charge in [-0.15, -0.1) is 0 Å². The van der Waals surface area contributed by atoms with Crippen LogP contribution in [0.5, 0.6) is 5.75 Å². The molecular formula is C13H18N2O3. The minimum Gasteiger partial charge on any atom is -0.496 e. The van der Waals surface area contributed by atoms with Gasteiger partial charge in [0, 0.05) is 12.1 Å². The fourth-order valence-electron chi connectivity index (χ4n) is 2.07. The molecule has 5 heteroatoms. The molecule has 0 aliphatic carbocycles. The molecule has 0 aromatic heterocycles. The molecule has 18 heavy (non-hydrogen) atoms. The number of ether oxygens (including phenoxy) is 2. The van der Waals surface area contributed by atoms with Crippen LogP contribution in [0.4, 0.5) is 4.79 Å². The molecule has 1 fully saturated rings. The van der Waals surface area contributed by atoms with Crippen molar-refractivity contribution in [2.75, 3.05) is 26.7 Å². The van der Waals surface area contributed by atoms with E-state index in [4.69, 9.17) is 15.2 Å². The molecule has 2 rings (SSSR count). The molecule has 1 aromatic rings. The summed E-state index contributed by atoms with van der Waals surface area (Å²) in [5, 5.41) is 0. The minimum absolute atomic E-state index is 0.258. The lowest BCUT2D eigenvalue weighted by molar-refractivity contribution is 0.131. The van der Waals surface area contributed by atoms with Crippen molar-refractivity contribution >= 4 is 6.09 Å². The molecule has 2 N–H and O–H groups in total. The molecule has 1 heterocycles. The van der Waals surface area contributed by atoms with Gasteiger partial charge in [-0.25, -0.2) is 4.79 Å². The number of hydrogen-bond acceptors (Lipinski definition) is 4. The number of carbonyl (C=O) groups excluding carboxylic acids is 1. The van der Waals surface area contributed by atoms with E-state index in [1.54, 1.807) is 12.0 Å². The summed E-state index contributed by atoms with van der Waals surface area (Å²) in [6, 6.07) is 7.59. The summed E-state index contributed by atoms with van der Waals surface area (Å²) in [6.07, 6.45) is 0.249. The topological polar surface area (TPSA) is 64.8 Å². The molecule has 5 nitrogen and oxygen atoms in total. The van der Waals surface area contributed by atoms with Gasteiger partial charge in [0.2, 0.25) is 0 Å². The Hall–Kier alpha value is -1.75. The van der Waals surface area contributed by atoms with Crippen LogP contribution in [0.15, 0.2) is 24.3 Å². The van der Waals surface area contributed by atoms with Gasteiger partial charge in [-0.1, -0.05) is 18.2 Å². The number of nitrogens with zero attached hydrogens (tertiary/aromatic N) is 1. The lowest BCUT2D eigenvalue weighted by Gasteiger charge is -2.13. The number of methoxy groups -OCH3 is 1. The van der Waals surface area contributed by atoms with Crippen LogP contribution in [0.25, 0.3) is 0 Å². The van der Waals surface area contributed by atoms with Crippen molar-refractivity contribution in [2.45, 2.75) is 12.5 Å². The van der Waals surface area contributed by atoms with Gasteiger partial charge in [0.1, 0.15) is 11.9 Å². The second-order valence-electron chi connectivity index (χ2n) is 4.20. The molecule has 98 valence electrons. The Labute approximate surface area is 106 Å². The zero-order chi connectivity index (χ0) is 13.0. The standard InChI is InChI=1S/C13H18N2O3/c1-17-11-6-3-2-5-10(11)12-9-15(8-4-7-14)13(16)18-12/h2-3,5-6,12H,4,7-9,14H2,1H3. The summed E-state index contributed by atoms with van der Waals surface area (Å²) >= 11 is 0. The van der Waals surface area contributed by atoms with E-state index in [0.717, 1.165) is 17.7 Å². The summed E-state index contributed by atoms with van der Waals surface area (Å²) < 4.78 is 10.6. The van der Waals surface area contributed by atoms with Gasteiger partial charge in [-0.2, -0.15) is 0 Å². The highest BCUT2D eigenvalue weighted by Crippen LogP contribution is 2.32. The largest absolute Gasteiger partial charge is 0.496 e. The second-order valence-corrected chi connectivity index (χ2v) is 4.20. The van der Waals surface area contributed by atoms with Gasteiger partial charge in [-0.05, 0) is 19.0 Å². The maximum absolute atomic E-state index is 11.7. The first kappa shape index (κ1) is 12.7. The Bertz CT molecular complexity index is 422. The summed E-state index contributed by atoms with van der Waals surface area (Å²) in [5.74, 6) is 0.746. The number of carbonyl (C=O) groups is 1. The highest BCUT2D eigenvalue weighted by atomic mass is 16.6. The van der Waals surface area contributed by atoms with Crippen molar-refractivity contribution in [1.29, 1.82) is 0 Å². The number of rotatable bonds is 5. The first-order valence-corrected chi connectivity index (χ1v) is 6.04. The third kappa shape index (κ3) is 2.56. The van der Waals surface area contributed by atoms with Gasteiger partial charge >= 0.3 is 6.09 Å². The quantitative estimate of drug-likeness (QED) is 0.860. The molecule has 1 amide bonds. The number of benzene rings is 1. The normalized spacial score (nSPS) is 18.9. The summed E-state index contributed by atoms with van der Waals surface area (Å²) in [6.45, 7) is 1.77. The van der Waals surface area contributed by atoms with Gasteiger partial charge in [0.15, 0.2) is 0 Å². The second kappa shape index (κ2) is 5.73. The van der Waals surface area contributed by atoms with Crippen LogP contribution < -0.4 is 10.5 Å². The van der Waals surface area contributed by atoms with Crippen molar-refractivity contribution in [2.24, 2.45) is 5.73 Å². The third-order valence-electron chi connectivity index (χ3n) is 3.01. The zero-order valence-electron chi connectivity index (χ0n) is 10.5. The molecule has 1 unspecified atom stereocenters. The minimum atomic E-state index is -0.278. The van der Waals surface area contributed by atoms with Crippen molar-refractivity contribution in [1.82, 2.24) is 4.90 Å². The van der Waals surface area contributed by atoms with Gasteiger partial charge < -0.3 is 20.1 Å². The first-order chi connectivity index (χ1) is 8.76. The van der Waals surface area contributed by atoms with Crippen molar-refractivity contribution in [3.8, 4) is 5.75 Å². The van der Waals surface area contributed by atoms with Crippen LogP contribution in [0.1, 0.15) is 18.1 Å². The lowest BCUT2D eigenvalue weighted by Crippen LogP contribution is -2.27. The van der Waals surface area contributed by atoms with Crippen molar-refractivity contribution in [3.05, 3.63) is 29.8 Å². The maximum atomic E-state index is 11.7. The maximum Gasteiger partial charge on any atom is 0.410 e. The van der Waals surface area contributed by atoms with E-state index in [9.17, 15) is 4.79 Å². The predicted octanol–water partition coefficient (Wildman–Crippen LogP) is 1.54. The molecule has 0 bridgehead atoms. The number of cyclic esters (lactones) is 1. The van der Waals surface area contributed by atoms with E-state index >= 15 is 0 Å². The van der Waals surface area contributed by atoms with Crippen molar-refractivity contribution < 1.29 is 14.3 Å². The third-order valence-corrected chi connectivity index (χ3v) is 3.01. The van der Waals surface area contributed by atoms with Crippen molar-refractivity contribution in [3.63, 3.8) is 0 Å². The Morgan fingerprint density at radius 3 is 3.00 bits per heavy atom. The van der Waals surface area contributed by atoms with E-state index < -0.39 is 0 Å². The highest BCUT2D eigenvalue weighted by Gasteiger charge is 2.33. The smallest absolute Gasteiger partial charge is 0.410 e. The van der Waals surface area contributed by atoms with E-state index in [-0.39, 0.29) is 12.2 Å². The Morgan fingerprint density at radius 2 is 2.28 bits per heavy atom. The number of amides is 1. The molecular weight excluding hydrogens is 232 g/mol. The van der Waals surface area contributed by atoms with Gasteiger partial charge in [0.25, 0.3) is 0 Å². The molecule has 1 saturated heterocycles. The molecule has 0 saturated carbocycles. The fourth-order valence-corrected chi connectivity index (χ4v) is 2.07. The molecule has 1 atom stereocenters. The molecule has 0 radical (unpaired) electrons. The average Bonchev–Trinajstić information content (AvgIpc) is 2.77.